The third-order valence-corrected chi connectivity index (χ3v) is 6.25. The fraction of sp³-hybridized carbons (Fsp3) is 1.00. The van der Waals surface area contributed by atoms with Gasteiger partial charge in [-0.1, -0.05) is 0 Å². The first-order valence-corrected chi connectivity index (χ1v) is 9.32. The van der Waals surface area contributed by atoms with E-state index in [9.17, 15) is 0 Å². The van der Waals surface area contributed by atoms with Gasteiger partial charge in [0, 0.05) is 18.1 Å². The van der Waals surface area contributed by atoms with Crippen molar-refractivity contribution in [3.63, 3.8) is 0 Å². The Hall–Kier alpha value is -0.0800. The lowest BCUT2D eigenvalue weighted by Gasteiger charge is -2.57. The summed E-state index contributed by atoms with van der Waals surface area (Å²) in [6, 6.07) is 0.582. The van der Waals surface area contributed by atoms with Crippen molar-refractivity contribution < 1.29 is 0 Å². The first-order valence-electron chi connectivity index (χ1n) is 9.32. The minimum atomic E-state index is 0.232. The molecule has 0 radical (unpaired) electrons. The van der Waals surface area contributed by atoms with Gasteiger partial charge in [-0.2, -0.15) is 0 Å². The molecule has 0 saturated heterocycles. The van der Waals surface area contributed by atoms with E-state index in [1.807, 2.05) is 0 Å². The zero-order valence-corrected chi connectivity index (χ0v) is 14.7. The van der Waals surface area contributed by atoms with Crippen molar-refractivity contribution in [2.24, 2.45) is 23.2 Å². The van der Waals surface area contributed by atoms with Crippen LogP contribution in [0.15, 0.2) is 0 Å². The van der Waals surface area contributed by atoms with E-state index in [0.29, 0.717) is 6.04 Å². The molecule has 21 heavy (non-hydrogen) atoms. The van der Waals surface area contributed by atoms with Gasteiger partial charge in [-0.05, 0) is 102 Å². The van der Waals surface area contributed by atoms with E-state index in [0.717, 1.165) is 29.7 Å². The smallest absolute Gasteiger partial charge is 0.0164 e. The van der Waals surface area contributed by atoms with E-state index < -0.39 is 0 Å². The summed E-state index contributed by atoms with van der Waals surface area (Å²) in [6.07, 6.45) is 10.8. The first-order chi connectivity index (χ1) is 9.84. The van der Waals surface area contributed by atoms with Gasteiger partial charge in [-0.15, -0.1) is 0 Å². The fourth-order valence-electron chi connectivity index (χ4n) is 5.71. The van der Waals surface area contributed by atoms with Crippen molar-refractivity contribution in [1.82, 2.24) is 10.6 Å². The standard InChI is InChI=1S/C19H36N2/c1-14(13-21-18(2,3)4)20-6-5-19-10-15-7-16(11-19)9-17(8-15)12-19/h14-17,20-21H,5-13H2,1-4H3. The molecular weight excluding hydrogens is 256 g/mol. The fourth-order valence-corrected chi connectivity index (χ4v) is 5.71. The molecule has 122 valence electrons. The summed E-state index contributed by atoms with van der Waals surface area (Å²) in [5.74, 6) is 3.28. The Morgan fingerprint density at radius 1 is 1.00 bits per heavy atom. The van der Waals surface area contributed by atoms with Gasteiger partial charge in [0.2, 0.25) is 0 Å². The maximum Gasteiger partial charge on any atom is 0.0164 e. The van der Waals surface area contributed by atoms with Crippen LogP contribution in [0.1, 0.15) is 72.6 Å². The second-order valence-corrected chi connectivity index (χ2v) is 9.65. The van der Waals surface area contributed by atoms with Gasteiger partial charge in [0.05, 0.1) is 0 Å². The van der Waals surface area contributed by atoms with Crippen LogP contribution in [0.5, 0.6) is 0 Å². The van der Waals surface area contributed by atoms with Crippen LogP contribution in [0.4, 0.5) is 0 Å². The van der Waals surface area contributed by atoms with Gasteiger partial charge in [-0.25, -0.2) is 0 Å². The Labute approximate surface area is 131 Å². The van der Waals surface area contributed by atoms with Crippen molar-refractivity contribution in [2.45, 2.75) is 84.2 Å². The molecule has 4 aliphatic rings. The molecule has 4 aliphatic carbocycles. The maximum absolute atomic E-state index is 3.77. The average molecular weight is 293 g/mol. The molecule has 0 spiro atoms. The highest BCUT2D eigenvalue weighted by Crippen LogP contribution is 2.61. The Kier molecular flexibility index (Phi) is 4.40. The predicted molar refractivity (Wildman–Crippen MR) is 90.4 cm³/mol. The molecule has 2 nitrogen and oxygen atoms in total. The number of nitrogens with one attached hydrogen (secondary N) is 2. The Balaban J connectivity index is 1.41. The molecule has 0 aromatic heterocycles. The van der Waals surface area contributed by atoms with Gasteiger partial charge in [0.25, 0.3) is 0 Å². The quantitative estimate of drug-likeness (QED) is 0.774. The van der Waals surface area contributed by atoms with Crippen LogP contribution in [0.25, 0.3) is 0 Å². The second-order valence-electron chi connectivity index (χ2n) is 9.65. The first kappa shape index (κ1) is 15.8. The van der Waals surface area contributed by atoms with Crippen LogP contribution in [-0.2, 0) is 0 Å². The molecule has 1 atom stereocenters. The molecule has 0 aromatic carbocycles. The van der Waals surface area contributed by atoms with Gasteiger partial charge >= 0.3 is 0 Å². The van der Waals surface area contributed by atoms with Crippen molar-refractivity contribution in [1.29, 1.82) is 0 Å². The number of hydrogen-bond acceptors (Lipinski definition) is 2. The second kappa shape index (κ2) is 5.85. The zero-order chi connectivity index (χ0) is 15.1. The van der Waals surface area contributed by atoms with Crippen LogP contribution >= 0.6 is 0 Å². The van der Waals surface area contributed by atoms with E-state index in [1.165, 1.54) is 13.0 Å². The third kappa shape index (κ3) is 4.01. The Morgan fingerprint density at radius 2 is 1.52 bits per heavy atom. The lowest BCUT2D eigenvalue weighted by molar-refractivity contribution is -0.0569. The van der Waals surface area contributed by atoms with E-state index in [1.54, 1.807) is 38.5 Å². The monoisotopic (exact) mass is 292 g/mol. The van der Waals surface area contributed by atoms with Crippen molar-refractivity contribution in [2.75, 3.05) is 13.1 Å². The summed E-state index contributed by atoms with van der Waals surface area (Å²) in [4.78, 5) is 0. The topological polar surface area (TPSA) is 24.1 Å². The lowest BCUT2D eigenvalue weighted by atomic mass is 9.49. The largest absolute Gasteiger partial charge is 0.313 e. The highest BCUT2D eigenvalue weighted by molar-refractivity contribution is 5.01. The molecular formula is C19H36N2. The Bertz CT molecular complexity index is 320. The van der Waals surface area contributed by atoms with E-state index >= 15 is 0 Å². The minimum absolute atomic E-state index is 0.232. The molecule has 4 rings (SSSR count). The van der Waals surface area contributed by atoms with E-state index in [4.69, 9.17) is 0 Å². The lowest BCUT2D eigenvalue weighted by Crippen LogP contribution is -2.48. The molecule has 4 saturated carbocycles. The van der Waals surface area contributed by atoms with Crippen LogP contribution in [0, 0.1) is 23.2 Å². The summed E-state index contributed by atoms with van der Waals surface area (Å²) in [6.45, 7) is 11.3. The van der Waals surface area contributed by atoms with Gasteiger partial charge in [0.1, 0.15) is 0 Å². The molecule has 0 heterocycles. The van der Waals surface area contributed by atoms with E-state index in [-0.39, 0.29) is 5.54 Å². The van der Waals surface area contributed by atoms with Crippen molar-refractivity contribution >= 4 is 0 Å². The summed E-state index contributed by atoms with van der Waals surface area (Å²) in [7, 11) is 0. The zero-order valence-electron chi connectivity index (χ0n) is 14.7. The highest BCUT2D eigenvalue weighted by atomic mass is 15.0. The molecule has 0 aromatic rings. The van der Waals surface area contributed by atoms with Crippen LogP contribution in [-0.4, -0.2) is 24.7 Å². The summed E-state index contributed by atoms with van der Waals surface area (Å²) in [5, 5.41) is 7.37. The van der Waals surface area contributed by atoms with Gasteiger partial charge in [0.15, 0.2) is 0 Å². The molecule has 2 N–H and O–H groups in total. The molecule has 2 heteroatoms. The summed E-state index contributed by atoms with van der Waals surface area (Å²) < 4.78 is 0. The number of hydrogen-bond donors (Lipinski definition) is 2. The molecule has 0 aliphatic heterocycles. The van der Waals surface area contributed by atoms with Crippen molar-refractivity contribution in [3.05, 3.63) is 0 Å². The van der Waals surface area contributed by atoms with Crippen molar-refractivity contribution in [3.8, 4) is 0 Å². The summed E-state index contributed by atoms with van der Waals surface area (Å²) in [5.41, 5.74) is 0.967. The van der Waals surface area contributed by atoms with Gasteiger partial charge < -0.3 is 10.6 Å². The molecule has 4 fully saturated rings. The summed E-state index contributed by atoms with van der Waals surface area (Å²) >= 11 is 0. The average Bonchev–Trinajstić information content (AvgIpc) is 2.33. The highest BCUT2D eigenvalue weighted by Gasteiger charge is 2.50. The predicted octanol–water partition coefficient (Wildman–Crippen LogP) is 3.96. The third-order valence-electron chi connectivity index (χ3n) is 6.25. The van der Waals surface area contributed by atoms with Gasteiger partial charge in [-0.3, -0.25) is 0 Å². The normalized spacial score (nSPS) is 39.7. The van der Waals surface area contributed by atoms with Crippen LogP contribution in [0.3, 0.4) is 0 Å². The van der Waals surface area contributed by atoms with E-state index in [2.05, 4.69) is 38.3 Å². The minimum Gasteiger partial charge on any atom is -0.313 e. The maximum atomic E-state index is 3.77. The van der Waals surface area contributed by atoms with Crippen LogP contribution in [0.2, 0.25) is 0 Å². The molecule has 1 unspecified atom stereocenters. The Morgan fingerprint density at radius 3 is 2.00 bits per heavy atom. The van der Waals surface area contributed by atoms with Crippen LogP contribution < -0.4 is 10.6 Å². The molecule has 0 amide bonds. The molecule has 4 bridgehead atoms. The SMILES string of the molecule is CC(CNC(C)(C)C)NCCC12CC3CC(CC(C3)C1)C2. The number of rotatable bonds is 6.